The zero-order chi connectivity index (χ0) is 15.1. The van der Waals surface area contributed by atoms with Crippen molar-refractivity contribution in [1.29, 1.82) is 0 Å². The van der Waals surface area contributed by atoms with Gasteiger partial charge in [0.2, 0.25) is 0 Å². The van der Waals surface area contributed by atoms with E-state index in [0.717, 1.165) is 11.3 Å². The lowest BCUT2D eigenvalue weighted by Gasteiger charge is -2.33. The maximum atomic E-state index is 11.9. The summed E-state index contributed by atoms with van der Waals surface area (Å²) in [4.78, 5) is 28.4. The summed E-state index contributed by atoms with van der Waals surface area (Å²) >= 11 is 0. The number of rotatable bonds is 2. The minimum Gasteiger partial charge on any atom is -0.441 e. The fourth-order valence-corrected chi connectivity index (χ4v) is 2.70. The quantitative estimate of drug-likeness (QED) is 0.882. The van der Waals surface area contributed by atoms with Gasteiger partial charge in [-0.3, -0.25) is 9.80 Å². The van der Waals surface area contributed by atoms with E-state index >= 15 is 0 Å². The number of cyclic esters (lactones) is 1. The van der Waals surface area contributed by atoms with Crippen LogP contribution in [0.15, 0.2) is 18.2 Å². The molecular formula is C14H17N3O4. The van der Waals surface area contributed by atoms with Gasteiger partial charge in [0.25, 0.3) is 0 Å². The molecule has 21 heavy (non-hydrogen) atoms. The average Bonchev–Trinajstić information content (AvgIpc) is 2.85. The number of carbonyl (C=O) groups excluding carboxylic acids is 2. The van der Waals surface area contributed by atoms with Crippen molar-refractivity contribution in [3.8, 4) is 0 Å². The third-order valence-electron chi connectivity index (χ3n) is 3.83. The minimum atomic E-state index is -0.486. The Morgan fingerprint density at radius 2 is 2.10 bits per heavy atom. The summed E-state index contributed by atoms with van der Waals surface area (Å²) in [6.45, 7) is 0.643. The molecule has 1 N–H and O–H groups in total. The highest BCUT2D eigenvalue weighted by atomic mass is 16.6. The molecule has 7 nitrogen and oxygen atoms in total. The van der Waals surface area contributed by atoms with Crippen molar-refractivity contribution in [3.63, 3.8) is 0 Å². The molecule has 7 heteroatoms. The molecular weight excluding hydrogens is 274 g/mol. The fraction of sp³-hybridized carbons (Fsp3) is 0.429. The standard InChI is InChI=1S/C14H17N3O4/c1-15-6-9-5-10(3-4-12(9)16(2)13(15)19)17-7-11(8-18)21-14(17)20/h3-5,11,18H,6-8H2,1-2H3/t11-/m1/s1. The first-order valence-electron chi connectivity index (χ1n) is 6.72. The van der Waals surface area contributed by atoms with Crippen molar-refractivity contribution in [3.05, 3.63) is 23.8 Å². The number of hydrogen-bond donors (Lipinski definition) is 1. The fourth-order valence-electron chi connectivity index (χ4n) is 2.70. The first-order chi connectivity index (χ1) is 10.0. The number of urea groups is 1. The van der Waals surface area contributed by atoms with Gasteiger partial charge in [-0.25, -0.2) is 9.59 Å². The molecule has 1 aromatic rings. The van der Waals surface area contributed by atoms with Crippen molar-refractivity contribution >= 4 is 23.5 Å². The summed E-state index contributed by atoms with van der Waals surface area (Å²) in [7, 11) is 3.46. The third kappa shape index (κ3) is 2.19. The van der Waals surface area contributed by atoms with Crippen molar-refractivity contribution in [1.82, 2.24) is 4.90 Å². The Kier molecular flexibility index (Phi) is 3.21. The van der Waals surface area contributed by atoms with Gasteiger partial charge in [0.15, 0.2) is 0 Å². The highest BCUT2D eigenvalue weighted by molar-refractivity contribution is 5.95. The number of hydrogen-bond acceptors (Lipinski definition) is 4. The second kappa shape index (κ2) is 4.92. The lowest BCUT2D eigenvalue weighted by molar-refractivity contribution is 0.0963. The highest BCUT2D eigenvalue weighted by Gasteiger charge is 2.33. The van der Waals surface area contributed by atoms with Gasteiger partial charge in [-0.2, -0.15) is 0 Å². The minimum absolute atomic E-state index is 0.0591. The summed E-state index contributed by atoms with van der Waals surface area (Å²) in [6.07, 6.45) is -0.942. The zero-order valence-corrected chi connectivity index (χ0v) is 11.9. The molecule has 1 saturated heterocycles. The second-order valence-corrected chi connectivity index (χ2v) is 5.31. The van der Waals surface area contributed by atoms with Gasteiger partial charge in [-0.1, -0.05) is 0 Å². The van der Waals surface area contributed by atoms with Crippen LogP contribution in [0.25, 0.3) is 0 Å². The van der Waals surface area contributed by atoms with E-state index in [-0.39, 0.29) is 12.6 Å². The Hall–Kier alpha value is -2.28. The van der Waals surface area contributed by atoms with Crippen LogP contribution in [0.5, 0.6) is 0 Å². The van der Waals surface area contributed by atoms with Gasteiger partial charge in [0.05, 0.1) is 18.8 Å². The van der Waals surface area contributed by atoms with Crippen LogP contribution in [0.3, 0.4) is 0 Å². The number of aliphatic hydroxyl groups excluding tert-OH is 1. The van der Waals surface area contributed by atoms with E-state index in [2.05, 4.69) is 0 Å². The molecule has 1 fully saturated rings. The molecule has 3 rings (SSSR count). The average molecular weight is 291 g/mol. The maximum absolute atomic E-state index is 11.9. The van der Waals surface area contributed by atoms with Crippen LogP contribution < -0.4 is 9.80 Å². The van der Waals surface area contributed by atoms with Crippen molar-refractivity contribution in [2.24, 2.45) is 0 Å². The number of ether oxygens (including phenoxy) is 1. The molecule has 0 radical (unpaired) electrons. The smallest absolute Gasteiger partial charge is 0.414 e. The molecule has 1 aromatic carbocycles. The van der Waals surface area contributed by atoms with Crippen LogP contribution in [0.1, 0.15) is 5.56 Å². The normalized spacial score (nSPS) is 21.7. The zero-order valence-electron chi connectivity index (χ0n) is 11.9. The number of nitrogens with zero attached hydrogens (tertiary/aromatic N) is 3. The van der Waals surface area contributed by atoms with Gasteiger partial charge in [0, 0.05) is 26.3 Å². The molecule has 0 aromatic heterocycles. The molecule has 0 aliphatic carbocycles. The third-order valence-corrected chi connectivity index (χ3v) is 3.83. The summed E-state index contributed by atoms with van der Waals surface area (Å²) < 4.78 is 5.04. The monoisotopic (exact) mass is 291 g/mol. The SMILES string of the molecule is CN1Cc2cc(N3C[C@H](CO)OC3=O)ccc2N(C)C1=O. The van der Waals surface area contributed by atoms with E-state index in [1.54, 1.807) is 30.0 Å². The number of aliphatic hydroxyl groups is 1. The maximum Gasteiger partial charge on any atom is 0.414 e. The Morgan fingerprint density at radius 1 is 1.33 bits per heavy atom. The number of amides is 3. The Bertz CT molecular complexity index is 604. The predicted octanol–water partition coefficient (Wildman–Crippen LogP) is 1.01. The summed E-state index contributed by atoms with van der Waals surface area (Å²) in [6, 6.07) is 5.44. The molecule has 0 bridgehead atoms. The van der Waals surface area contributed by atoms with E-state index in [9.17, 15) is 9.59 Å². The van der Waals surface area contributed by atoms with E-state index in [4.69, 9.17) is 9.84 Å². The number of anilines is 2. The van der Waals surface area contributed by atoms with Crippen LogP contribution in [0, 0.1) is 0 Å². The van der Waals surface area contributed by atoms with Crippen LogP contribution in [0.2, 0.25) is 0 Å². The summed E-state index contributed by atoms with van der Waals surface area (Å²) in [5.74, 6) is 0. The molecule has 2 aliphatic rings. The molecule has 3 amide bonds. The summed E-state index contributed by atoms with van der Waals surface area (Å²) in [5, 5.41) is 9.08. The van der Waals surface area contributed by atoms with Gasteiger partial charge < -0.3 is 14.7 Å². The lowest BCUT2D eigenvalue weighted by Crippen LogP contribution is -2.42. The molecule has 1 atom stereocenters. The Morgan fingerprint density at radius 3 is 2.76 bits per heavy atom. The van der Waals surface area contributed by atoms with Crippen LogP contribution >= 0.6 is 0 Å². The Balaban J connectivity index is 1.92. The van der Waals surface area contributed by atoms with Gasteiger partial charge in [-0.15, -0.1) is 0 Å². The van der Waals surface area contributed by atoms with E-state index in [0.29, 0.717) is 18.8 Å². The topological polar surface area (TPSA) is 73.3 Å². The number of fused-ring (bicyclic) bond motifs is 1. The first-order valence-corrected chi connectivity index (χ1v) is 6.72. The lowest BCUT2D eigenvalue weighted by atomic mass is 10.1. The molecule has 0 spiro atoms. The second-order valence-electron chi connectivity index (χ2n) is 5.31. The van der Waals surface area contributed by atoms with E-state index in [1.165, 1.54) is 4.90 Å². The molecule has 2 heterocycles. The molecule has 0 unspecified atom stereocenters. The summed E-state index contributed by atoms with van der Waals surface area (Å²) in [5.41, 5.74) is 2.52. The molecule has 112 valence electrons. The first kappa shape index (κ1) is 13.7. The van der Waals surface area contributed by atoms with E-state index < -0.39 is 12.2 Å². The van der Waals surface area contributed by atoms with Gasteiger partial charge >= 0.3 is 12.1 Å². The predicted molar refractivity (Wildman–Crippen MR) is 76.4 cm³/mol. The van der Waals surface area contributed by atoms with Gasteiger partial charge in [-0.05, 0) is 23.8 Å². The van der Waals surface area contributed by atoms with Crippen molar-refractivity contribution in [2.45, 2.75) is 12.6 Å². The van der Waals surface area contributed by atoms with Gasteiger partial charge in [0.1, 0.15) is 6.10 Å². The van der Waals surface area contributed by atoms with Crippen LogP contribution in [-0.4, -0.2) is 55.5 Å². The highest BCUT2D eigenvalue weighted by Crippen LogP contribution is 2.32. The van der Waals surface area contributed by atoms with Crippen LogP contribution in [0.4, 0.5) is 21.0 Å². The number of carbonyl (C=O) groups is 2. The molecule has 0 saturated carbocycles. The van der Waals surface area contributed by atoms with Crippen LogP contribution in [-0.2, 0) is 11.3 Å². The van der Waals surface area contributed by atoms with E-state index in [1.807, 2.05) is 12.1 Å². The van der Waals surface area contributed by atoms with Crippen molar-refractivity contribution < 1.29 is 19.4 Å². The number of benzene rings is 1. The largest absolute Gasteiger partial charge is 0.441 e. The molecule has 2 aliphatic heterocycles. The Labute approximate surface area is 122 Å². The van der Waals surface area contributed by atoms with Crippen molar-refractivity contribution in [2.75, 3.05) is 37.0 Å².